The highest BCUT2D eigenvalue weighted by Crippen LogP contribution is 2.41. The maximum absolute atomic E-state index is 13.2. The number of aromatic nitrogens is 2. The van der Waals surface area contributed by atoms with Gasteiger partial charge in [-0.1, -0.05) is 12.1 Å². The summed E-state index contributed by atoms with van der Waals surface area (Å²) in [6, 6.07) is 5.47. The standard InChI is InChI=1S/C20H26N4O4S/c1-14-4-5-15(2)17(12-14)29(26,27)24-9-6-20(7-10-24)19-22-8-11-23(19)13-16(28-20)18(25)21-3/h4-5,8,11-12,16H,6-7,9-10,13H2,1-3H3,(H,21,25). The minimum Gasteiger partial charge on any atom is -0.357 e. The van der Waals surface area contributed by atoms with Crippen LogP contribution in [-0.4, -0.2) is 54.4 Å². The molecule has 1 aromatic heterocycles. The number of imidazole rings is 1. The quantitative estimate of drug-likeness (QED) is 0.812. The van der Waals surface area contributed by atoms with Gasteiger partial charge >= 0.3 is 0 Å². The number of likely N-dealkylation sites (N-methyl/N-ethyl adjacent to an activating group) is 1. The molecule has 1 saturated heterocycles. The van der Waals surface area contributed by atoms with E-state index in [0.717, 1.165) is 17.0 Å². The number of sulfonamides is 1. The van der Waals surface area contributed by atoms with Gasteiger partial charge in [0.2, 0.25) is 10.0 Å². The second-order valence-electron chi connectivity index (χ2n) is 7.79. The van der Waals surface area contributed by atoms with Crippen LogP contribution in [0.5, 0.6) is 0 Å². The molecule has 1 amide bonds. The average molecular weight is 419 g/mol. The molecule has 156 valence electrons. The summed E-state index contributed by atoms with van der Waals surface area (Å²) >= 11 is 0. The van der Waals surface area contributed by atoms with Crippen LogP contribution in [0.4, 0.5) is 0 Å². The fourth-order valence-corrected chi connectivity index (χ4v) is 6.00. The van der Waals surface area contributed by atoms with Crippen molar-refractivity contribution in [2.45, 2.75) is 49.8 Å². The molecule has 29 heavy (non-hydrogen) atoms. The highest BCUT2D eigenvalue weighted by Gasteiger charge is 2.48. The lowest BCUT2D eigenvalue weighted by Gasteiger charge is -2.45. The van der Waals surface area contributed by atoms with Crippen molar-refractivity contribution < 1.29 is 17.9 Å². The number of benzene rings is 1. The lowest BCUT2D eigenvalue weighted by atomic mass is 9.89. The predicted octanol–water partition coefficient (Wildman–Crippen LogP) is 1.32. The maximum Gasteiger partial charge on any atom is 0.250 e. The summed E-state index contributed by atoms with van der Waals surface area (Å²) in [6.07, 6.45) is 3.81. The normalized spacial score (nSPS) is 21.7. The third-order valence-electron chi connectivity index (χ3n) is 5.88. The van der Waals surface area contributed by atoms with E-state index in [1.165, 1.54) is 4.31 Å². The van der Waals surface area contributed by atoms with Gasteiger partial charge in [-0.3, -0.25) is 4.79 Å². The Morgan fingerprint density at radius 1 is 1.28 bits per heavy atom. The van der Waals surface area contributed by atoms with E-state index in [-0.39, 0.29) is 5.91 Å². The zero-order valence-electron chi connectivity index (χ0n) is 16.9. The number of amides is 1. The van der Waals surface area contributed by atoms with E-state index in [2.05, 4.69) is 10.3 Å². The van der Waals surface area contributed by atoms with Gasteiger partial charge in [-0.05, 0) is 43.9 Å². The van der Waals surface area contributed by atoms with Crippen LogP contribution in [0.1, 0.15) is 29.8 Å². The molecule has 8 nitrogen and oxygen atoms in total. The maximum atomic E-state index is 13.2. The van der Waals surface area contributed by atoms with Crippen molar-refractivity contribution in [1.82, 2.24) is 19.2 Å². The first-order valence-electron chi connectivity index (χ1n) is 9.75. The Kier molecular flexibility index (Phi) is 5.00. The van der Waals surface area contributed by atoms with Crippen LogP contribution in [0, 0.1) is 13.8 Å². The number of nitrogens with zero attached hydrogens (tertiary/aromatic N) is 3. The molecule has 1 N–H and O–H groups in total. The minimum atomic E-state index is -3.60. The second kappa shape index (κ2) is 7.23. The molecule has 1 aromatic carbocycles. The van der Waals surface area contributed by atoms with Crippen molar-refractivity contribution in [2.24, 2.45) is 0 Å². The Labute approximate surface area is 170 Å². The molecule has 0 aliphatic carbocycles. The molecule has 1 spiro atoms. The molecule has 4 rings (SSSR count). The zero-order valence-corrected chi connectivity index (χ0v) is 17.7. The molecular formula is C20H26N4O4S. The summed E-state index contributed by atoms with van der Waals surface area (Å²) in [4.78, 5) is 17.0. The Hall–Kier alpha value is -2.23. The van der Waals surface area contributed by atoms with Gasteiger partial charge in [-0.15, -0.1) is 0 Å². The number of hydrogen-bond acceptors (Lipinski definition) is 5. The van der Waals surface area contributed by atoms with Crippen molar-refractivity contribution in [2.75, 3.05) is 20.1 Å². The van der Waals surface area contributed by atoms with Gasteiger partial charge in [0.15, 0.2) is 6.10 Å². The summed E-state index contributed by atoms with van der Waals surface area (Å²) in [6.45, 7) is 4.72. The van der Waals surface area contributed by atoms with Gasteiger partial charge < -0.3 is 14.6 Å². The fourth-order valence-electron chi connectivity index (χ4n) is 4.25. The largest absolute Gasteiger partial charge is 0.357 e. The minimum absolute atomic E-state index is 0.186. The van der Waals surface area contributed by atoms with E-state index in [1.807, 2.05) is 36.7 Å². The van der Waals surface area contributed by atoms with Crippen molar-refractivity contribution in [3.05, 3.63) is 47.5 Å². The van der Waals surface area contributed by atoms with Gasteiger partial charge in [-0.2, -0.15) is 4.31 Å². The SMILES string of the molecule is CNC(=O)C1Cn2ccnc2C2(CCN(S(=O)(=O)c3cc(C)ccc3C)CC2)O1. The number of aryl methyl sites for hydroxylation is 2. The van der Waals surface area contributed by atoms with Crippen LogP contribution in [0.2, 0.25) is 0 Å². The average Bonchev–Trinajstić information content (AvgIpc) is 3.19. The van der Waals surface area contributed by atoms with Crippen LogP contribution >= 0.6 is 0 Å². The molecule has 0 radical (unpaired) electrons. The van der Waals surface area contributed by atoms with Crippen molar-refractivity contribution >= 4 is 15.9 Å². The number of ether oxygens (including phenoxy) is 1. The number of fused-ring (bicyclic) bond motifs is 2. The molecular weight excluding hydrogens is 392 g/mol. The number of piperidine rings is 1. The number of carbonyl (C=O) groups excluding carboxylic acids is 1. The molecule has 1 atom stereocenters. The van der Waals surface area contributed by atoms with Gasteiger partial charge in [-0.25, -0.2) is 13.4 Å². The van der Waals surface area contributed by atoms with Gasteiger partial charge in [0.05, 0.1) is 11.4 Å². The van der Waals surface area contributed by atoms with Crippen molar-refractivity contribution in [1.29, 1.82) is 0 Å². The molecule has 0 bridgehead atoms. The Morgan fingerprint density at radius 3 is 2.69 bits per heavy atom. The van der Waals surface area contributed by atoms with Crippen LogP contribution in [0.25, 0.3) is 0 Å². The lowest BCUT2D eigenvalue weighted by Crippen LogP contribution is -2.54. The predicted molar refractivity (Wildman–Crippen MR) is 107 cm³/mol. The number of rotatable bonds is 3. The van der Waals surface area contributed by atoms with E-state index in [9.17, 15) is 13.2 Å². The second-order valence-corrected chi connectivity index (χ2v) is 9.70. The van der Waals surface area contributed by atoms with Crippen LogP contribution in [-0.2, 0) is 31.7 Å². The number of hydrogen-bond donors (Lipinski definition) is 1. The molecule has 2 aliphatic rings. The van der Waals surface area contributed by atoms with Crippen LogP contribution < -0.4 is 5.32 Å². The summed E-state index contributed by atoms with van der Waals surface area (Å²) in [5, 5.41) is 2.64. The van der Waals surface area contributed by atoms with Crippen molar-refractivity contribution in [3.8, 4) is 0 Å². The number of nitrogens with one attached hydrogen (secondary N) is 1. The monoisotopic (exact) mass is 418 g/mol. The third-order valence-corrected chi connectivity index (χ3v) is 7.92. The van der Waals surface area contributed by atoms with E-state index in [4.69, 9.17) is 4.74 Å². The summed E-state index contributed by atoms with van der Waals surface area (Å²) in [5.41, 5.74) is 0.890. The Balaban J connectivity index is 1.60. The van der Waals surface area contributed by atoms with E-state index >= 15 is 0 Å². The summed E-state index contributed by atoms with van der Waals surface area (Å²) < 4.78 is 36.2. The third kappa shape index (κ3) is 3.37. The fraction of sp³-hybridized carbons (Fsp3) is 0.500. The van der Waals surface area contributed by atoms with E-state index < -0.39 is 21.7 Å². The van der Waals surface area contributed by atoms with Gasteiger partial charge in [0.25, 0.3) is 5.91 Å². The summed E-state index contributed by atoms with van der Waals surface area (Å²) in [5.74, 6) is 0.579. The Bertz CT molecular complexity index is 1040. The first-order chi connectivity index (χ1) is 13.8. The van der Waals surface area contributed by atoms with E-state index in [0.29, 0.717) is 37.4 Å². The van der Waals surface area contributed by atoms with Crippen LogP contribution in [0.15, 0.2) is 35.5 Å². The molecule has 2 aromatic rings. The van der Waals surface area contributed by atoms with Crippen LogP contribution in [0.3, 0.4) is 0 Å². The first kappa shape index (κ1) is 20.1. The highest BCUT2D eigenvalue weighted by molar-refractivity contribution is 7.89. The first-order valence-corrected chi connectivity index (χ1v) is 11.2. The van der Waals surface area contributed by atoms with Gasteiger partial charge in [0.1, 0.15) is 11.4 Å². The molecule has 9 heteroatoms. The van der Waals surface area contributed by atoms with E-state index in [1.54, 1.807) is 19.3 Å². The molecule has 3 heterocycles. The molecule has 0 saturated carbocycles. The molecule has 1 fully saturated rings. The smallest absolute Gasteiger partial charge is 0.250 e. The topological polar surface area (TPSA) is 93.5 Å². The zero-order chi connectivity index (χ0) is 20.8. The Morgan fingerprint density at radius 2 is 2.00 bits per heavy atom. The number of carbonyl (C=O) groups is 1. The highest BCUT2D eigenvalue weighted by atomic mass is 32.2. The van der Waals surface area contributed by atoms with Crippen molar-refractivity contribution in [3.63, 3.8) is 0 Å². The lowest BCUT2D eigenvalue weighted by molar-refractivity contribution is -0.170. The summed E-state index contributed by atoms with van der Waals surface area (Å²) in [7, 11) is -2.01. The van der Waals surface area contributed by atoms with Gasteiger partial charge in [0, 0.05) is 32.5 Å². The molecule has 1 unspecified atom stereocenters. The molecule has 2 aliphatic heterocycles.